The summed E-state index contributed by atoms with van der Waals surface area (Å²) in [4.78, 5) is 26.4. The molecule has 1 aliphatic heterocycles. The second-order valence-corrected chi connectivity index (χ2v) is 9.42. The molecule has 0 aliphatic carbocycles. The molecule has 9 nitrogen and oxygen atoms in total. The normalized spacial score (nSPS) is 14.3. The first kappa shape index (κ1) is 24.7. The van der Waals surface area contributed by atoms with Gasteiger partial charge in [-0.15, -0.1) is 0 Å². The van der Waals surface area contributed by atoms with Gasteiger partial charge in [0.25, 0.3) is 5.91 Å². The van der Waals surface area contributed by atoms with Crippen LogP contribution in [0.5, 0.6) is 0 Å². The molecule has 0 N–H and O–H groups in total. The maximum Gasteiger partial charge on any atom is 0.338 e. The summed E-state index contributed by atoms with van der Waals surface area (Å²) in [5, 5.41) is 9.30. The van der Waals surface area contributed by atoms with E-state index in [2.05, 4.69) is 0 Å². The van der Waals surface area contributed by atoms with Gasteiger partial charge in [-0.2, -0.15) is 9.57 Å². The van der Waals surface area contributed by atoms with E-state index < -0.39 is 28.5 Å². The van der Waals surface area contributed by atoms with Crippen LogP contribution in [0.4, 0.5) is 5.69 Å². The van der Waals surface area contributed by atoms with Crippen LogP contribution in [-0.4, -0.2) is 64.1 Å². The van der Waals surface area contributed by atoms with Gasteiger partial charge in [-0.1, -0.05) is 17.7 Å². The molecule has 2 aromatic rings. The summed E-state index contributed by atoms with van der Waals surface area (Å²) in [6.45, 7) is 0.759. The molecule has 0 bridgehead atoms. The molecule has 0 unspecified atom stereocenters. The number of rotatable bonds is 8. The molecule has 0 radical (unpaired) electrons. The van der Waals surface area contributed by atoms with E-state index in [1.54, 1.807) is 24.3 Å². The van der Waals surface area contributed by atoms with Crippen molar-refractivity contribution in [1.29, 1.82) is 5.26 Å². The number of carbonyl (C=O) groups excluding carboxylic acids is 2. The molecule has 0 saturated carbocycles. The molecule has 2 aromatic carbocycles. The van der Waals surface area contributed by atoms with Gasteiger partial charge in [0.2, 0.25) is 10.0 Å². The lowest BCUT2D eigenvalue weighted by molar-refractivity contribution is -0.121. The fraction of sp³-hybridized carbons (Fsp3) is 0.318. The highest BCUT2D eigenvalue weighted by Crippen LogP contribution is 2.21. The van der Waals surface area contributed by atoms with E-state index in [-0.39, 0.29) is 36.5 Å². The largest absolute Gasteiger partial charge is 0.452 e. The van der Waals surface area contributed by atoms with Crippen LogP contribution in [0.2, 0.25) is 5.02 Å². The van der Waals surface area contributed by atoms with Crippen molar-refractivity contribution in [2.75, 3.05) is 44.4 Å². The molecule has 174 valence electrons. The molecular formula is C22H22ClN3O6S. The van der Waals surface area contributed by atoms with E-state index in [4.69, 9.17) is 26.3 Å². The van der Waals surface area contributed by atoms with Crippen LogP contribution in [0, 0.1) is 11.3 Å². The SMILES string of the molecule is N#CCCN(C(=O)COC(=O)c1ccc(S(=O)(=O)N2CCOCC2)cc1)c1cccc(Cl)c1. The predicted octanol–water partition coefficient (Wildman–Crippen LogP) is 2.46. The van der Waals surface area contributed by atoms with Gasteiger partial charge in [-0.3, -0.25) is 4.79 Å². The number of amides is 1. The summed E-state index contributed by atoms with van der Waals surface area (Å²) in [6.07, 6.45) is 0.0886. The van der Waals surface area contributed by atoms with Gasteiger partial charge in [0.15, 0.2) is 6.61 Å². The molecule has 1 saturated heterocycles. The maximum atomic E-state index is 12.7. The van der Waals surface area contributed by atoms with Crippen molar-refractivity contribution >= 4 is 39.2 Å². The Kier molecular flexibility index (Phi) is 8.41. The van der Waals surface area contributed by atoms with Crippen LogP contribution < -0.4 is 4.90 Å². The number of carbonyl (C=O) groups is 2. The molecular weight excluding hydrogens is 470 g/mol. The number of ether oxygens (including phenoxy) is 2. The quantitative estimate of drug-likeness (QED) is 0.520. The number of anilines is 1. The Balaban J connectivity index is 1.64. The van der Waals surface area contributed by atoms with Crippen LogP contribution in [0.15, 0.2) is 53.4 Å². The van der Waals surface area contributed by atoms with Crippen LogP contribution in [0.3, 0.4) is 0 Å². The lowest BCUT2D eigenvalue weighted by Gasteiger charge is -2.26. The molecule has 1 fully saturated rings. The highest BCUT2D eigenvalue weighted by atomic mass is 35.5. The van der Waals surface area contributed by atoms with Crippen molar-refractivity contribution in [1.82, 2.24) is 4.31 Å². The van der Waals surface area contributed by atoms with Crippen molar-refractivity contribution < 1.29 is 27.5 Å². The smallest absolute Gasteiger partial charge is 0.338 e. The number of sulfonamides is 1. The summed E-state index contributed by atoms with van der Waals surface area (Å²) in [6, 6.07) is 13.9. The third kappa shape index (κ3) is 6.30. The number of morpholine rings is 1. The zero-order valence-electron chi connectivity index (χ0n) is 17.6. The monoisotopic (exact) mass is 491 g/mol. The van der Waals surface area contributed by atoms with E-state index in [9.17, 15) is 18.0 Å². The van der Waals surface area contributed by atoms with E-state index in [0.717, 1.165) is 0 Å². The van der Waals surface area contributed by atoms with Crippen LogP contribution in [0.25, 0.3) is 0 Å². The van der Waals surface area contributed by atoms with Gasteiger partial charge in [0.05, 0.1) is 36.2 Å². The first-order valence-corrected chi connectivity index (χ1v) is 11.9. The minimum absolute atomic E-state index is 0.0562. The Morgan fingerprint density at radius 2 is 1.85 bits per heavy atom. The van der Waals surface area contributed by atoms with Gasteiger partial charge in [0.1, 0.15) is 0 Å². The number of nitrogens with zero attached hydrogens (tertiary/aromatic N) is 3. The number of halogens is 1. The number of benzene rings is 2. The molecule has 1 amide bonds. The van der Waals surface area contributed by atoms with Crippen LogP contribution >= 0.6 is 11.6 Å². The average Bonchev–Trinajstić information content (AvgIpc) is 2.83. The number of hydrogen-bond donors (Lipinski definition) is 0. The third-order valence-corrected chi connectivity index (χ3v) is 7.04. The summed E-state index contributed by atoms with van der Waals surface area (Å²) in [7, 11) is -3.68. The van der Waals surface area contributed by atoms with E-state index in [0.29, 0.717) is 23.9 Å². The highest BCUT2D eigenvalue weighted by molar-refractivity contribution is 7.89. The average molecular weight is 492 g/mol. The summed E-state index contributed by atoms with van der Waals surface area (Å²) in [5.41, 5.74) is 0.589. The summed E-state index contributed by atoms with van der Waals surface area (Å²) in [5.74, 6) is -1.29. The van der Waals surface area contributed by atoms with E-state index in [1.807, 2.05) is 6.07 Å². The summed E-state index contributed by atoms with van der Waals surface area (Å²) >= 11 is 5.99. The van der Waals surface area contributed by atoms with Crippen molar-refractivity contribution in [2.45, 2.75) is 11.3 Å². The Bertz CT molecular complexity index is 1140. The zero-order valence-corrected chi connectivity index (χ0v) is 19.2. The molecule has 33 heavy (non-hydrogen) atoms. The molecule has 3 rings (SSSR count). The lowest BCUT2D eigenvalue weighted by atomic mass is 10.2. The Morgan fingerprint density at radius 3 is 2.48 bits per heavy atom. The standard InChI is InChI=1S/C22H22ClN3O6S/c23-18-3-1-4-19(15-18)26(10-2-9-24)21(27)16-32-22(28)17-5-7-20(8-6-17)33(29,30)25-11-13-31-14-12-25/h1,3-8,15H,2,10-14,16H2. The molecule has 1 aliphatic rings. The van der Waals surface area contributed by atoms with E-state index >= 15 is 0 Å². The zero-order chi connectivity index (χ0) is 23.8. The van der Waals surface area contributed by atoms with Crippen molar-refractivity contribution in [3.05, 3.63) is 59.1 Å². The van der Waals surface area contributed by atoms with Crippen LogP contribution in [-0.2, 0) is 24.3 Å². The number of nitriles is 1. The van der Waals surface area contributed by atoms with Gasteiger partial charge in [0, 0.05) is 30.3 Å². The van der Waals surface area contributed by atoms with Crippen molar-refractivity contribution in [3.63, 3.8) is 0 Å². The third-order valence-electron chi connectivity index (χ3n) is 4.89. The topological polar surface area (TPSA) is 117 Å². The Hall–Kier alpha value is -2.97. The first-order valence-electron chi connectivity index (χ1n) is 10.1. The molecule has 11 heteroatoms. The van der Waals surface area contributed by atoms with E-state index in [1.165, 1.54) is 33.5 Å². The predicted molar refractivity (Wildman–Crippen MR) is 120 cm³/mol. The molecule has 0 aromatic heterocycles. The minimum atomic E-state index is -3.68. The fourth-order valence-corrected chi connectivity index (χ4v) is 4.78. The number of hydrogen-bond acceptors (Lipinski definition) is 7. The highest BCUT2D eigenvalue weighted by Gasteiger charge is 2.26. The Labute approximate surface area is 197 Å². The van der Waals surface area contributed by atoms with Crippen molar-refractivity contribution in [2.24, 2.45) is 0 Å². The molecule has 1 heterocycles. The fourth-order valence-electron chi connectivity index (χ4n) is 3.19. The minimum Gasteiger partial charge on any atom is -0.452 e. The van der Waals surface area contributed by atoms with Crippen molar-refractivity contribution in [3.8, 4) is 6.07 Å². The summed E-state index contributed by atoms with van der Waals surface area (Å²) < 4.78 is 37.0. The second kappa shape index (κ2) is 11.2. The van der Waals surface area contributed by atoms with Gasteiger partial charge < -0.3 is 14.4 Å². The van der Waals surface area contributed by atoms with Gasteiger partial charge in [-0.25, -0.2) is 13.2 Å². The second-order valence-electron chi connectivity index (χ2n) is 7.05. The maximum absolute atomic E-state index is 12.7. The molecule has 0 atom stereocenters. The Morgan fingerprint density at radius 1 is 1.15 bits per heavy atom. The van der Waals surface area contributed by atoms with Crippen LogP contribution in [0.1, 0.15) is 16.8 Å². The lowest BCUT2D eigenvalue weighted by Crippen LogP contribution is -2.40. The first-order chi connectivity index (χ1) is 15.8. The number of esters is 1. The molecule has 0 spiro atoms. The van der Waals surface area contributed by atoms with Gasteiger partial charge >= 0.3 is 5.97 Å². The van der Waals surface area contributed by atoms with Gasteiger partial charge in [-0.05, 0) is 42.5 Å².